The minimum atomic E-state index is -3.24. The molecular weight excluding hydrogens is 544 g/mol. The molecule has 0 radical (unpaired) electrons. The van der Waals surface area contributed by atoms with Gasteiger partial charge in [0.25, 0.3) is 0 Å². The van der Waals surface area contributed by atoms with Gasteiger partial charge in [-0.2, -0.15) is 5.10 Å². The first-order valence-electron chi connectivity index (χ1n) is 9.91. The lowest BCUT2D eigenvalue weighted by molar-refractivity contribution is 0.600. The third-order valence-corrected chi connectivity index (χ3v) is 5.36. The highest BCUT2D eigenvalue weighted by Gasteiger charge is 2.11. The second kappa shape index (κ2) is 12.0. The zero-order valence-electron chi connectivity index (χ0n) is 18.0. The molecule has 172 valence electrons. The fourth-order valence-corrected chi connectivity index (χ4v) is 3.99. The smallest absolute Gasteiger partial charge is 0.191 e. The van der Waals surface area contributed by atoms with Crippen molar-refractivity contribution in [1.82, 2.24) is 20.4 Å². The van der Waals surface area contributed by atoms with Gasteiger partial charge in [0.1, 0.15) is 5.82 Å². The largest absolute Gasteiger partial charge is 0.357 e. The Morgan fingerprint density at radius 1 is 1.09 bits per heavy atom. The van der Waals surface area contributed by atoms with E-state index in [1.54, 1.807) is 10.9 Å². The van der Waals surface area contributed by atoms with E-state index in [-0.39, 0.29) is 36.3 Å². The van der Waals surface area contributed by atoms with Crippen LogP contribution in [0.5, 0.6) is 0 Å². The fraction of sp³-hybridized carbons (Fsp3) is 0.273. The van der Waals surface area contributed by atoms with Gasteiger partial charge in [0, 0.05) is 31.7 Å². The van der Waals surface area contributed by atoms with Crippen LogP contribution in [-0.4, -0.2) is 37.0 Å². The number of halogens is 2. The molecule has 10 heteroatoms. The van der Waals surface area contributed by atoms with Crippen molar-refractivity contribution >= 4 is 39.8 Å². The number of benzene rings is 2. The topological polar surface area (TPSA) is 88.4 Å². The molecule has 1 aromatic heterocycles. The van der Waals surface area contributed by atoms with Crippen molar-refractivity contribution in [3.8, 4) is 5.69 Å². The first kappa shape index (κ1) is 25.8. The van der Waals surface area contributed by atoms with Crippen molar-refractivity contribution in [2.75, 3.05) is 12.8 Å². The predicted molar refractivity (Wildman–Crippen MR) is 136 cm³/mol. The molecule has 7 nitrogen and oxygen atoms in total. The van der Waals surface area contributed by atoms with Gasteiger partial charge in [0.2, 0.25) is 0 Å². The van der Waals surface area contributed by atoms with Crippen molar-refractivity contribution < 1.29 is 12.8 Å². The molecule has 1 heterocycles. The molecule has 0 atom stereocenters. The van der Waals surface area contributed by atoms with Crippen molar-refractivity contribution in [2.45, 2.75) is 25.8 Å². The van der Waals surface area contributed by atoms with Crippen LogP contribution in [0, 0.1) is 5.82 Å². The van der Waals surface area contributed by atoms with Crippen LogP contribution in [0.2, 0.25) is 0 Å². The Labute approximate surface area is 205 Å². The molecule has 0 bridgehead atoms. The summed E-state index contributed by atoms with van der Waals surface area (Å²) in [5, 5.41) is 10.7. The van der Waals surface area contributed by atoms with Gasteiger partial charge in [0.15, 0.2) is 15.8 Å². The van der Waals surface area contributed by atoms with Crippen LogP contribution in [0.1, 0.15) is 23.6 Å². The van der Waals surface area contributed by atoms with Gasteiger partial charge in [-0.05, 0) is 47.9 Å². The van der Waals surface area contributed by atoms with Crippen molar-refractivity contribution in [3.05, 3.63) is 83.4 Å². The second-order valence-corrected chi connectivity index (χ2v) is 9.25. The maximum atomic E-state index is 13.8. The van der Waals surface area contributed by atoms with Crippen LogP contribution in [0.25, 0.3) is 5.69 Å². The monoisotopic (exact) mass is 571 g/mol. The van der Waals surface area contributed by atoms with Gasteiger partial charge >= 0.3 is 0 Å². The maximum absolute atomic E-state index is 13.8. The molecule has 3 aromatic rings. The third-order valence-electron chi connectivity index (χ3n) is 4.53. The minimum Gasteiger partial charge on any atom is -0.357 e. The highest BCUT2D eigenvalue weighted by molar-refractivity contribution is 14.0. The highest BCUT2D eigenvalue weighted by atomic mass is 127. The molecule has 32 heavy (non-hydrogen) atoms. The van der Waals surface area contributed by atoms with E-state index in [9.17, 15) is 12.8 Å². The van der Waals surface area contributed by atoms with E-state index in [1.807, 2.05) is 43.5 Å². The fourth-order valence-electron chi connectivity index (χ4n) is 3.15. The van der Waals surface area contributed by atoms with Crippen LogP contribution < -0.4 is 10.6 Å². The Bertz CT molecular complexity index is 1150. The van der Waals surface area contributed by atoms with E-state index in [0.29, 0.717) is 30.2 Å². The van der Waals surface area contributed by atoms with Gasteiger partial charge in [-0.25, -0.2) is 22.5 Å². The minimum absolute atomic E-state index is 0. The Hall–Kier alpha value is -2.47. The Balaban J connectivity index is 0.00000363. The lowest BCUT2D eigenvalue weighted by Crippen LogP contribution is -2.37. The Morgan fingerprint density at radius 3 is 2.56 bits per heavy atom. The molecule has 0 aliphatic heterocycles. The Morgan fingerprint density at radius 2 is 1.88 bits per heavy atom. The van der Waals surface area contributed by atoms with Gasteiger partial charge in [0.05, 0.1) is 18.0 Å². The standard InChI is InChI=1S/C22H26FN5O2S.HI/c1-3-24-22(25-14-17-7-4-5-8-21(17)28-12-6-11-27-28)26-15-19-13-20(23)10-9-18(19)16-31(2,29)30;/h4-13H,3,14-16H2,1-2H3,(H2,24,25,26);1H. The molecule has 2 N–H and O–H groups in total. The first-order chi connectivity index (χ1) is 14.9. The number of nitrogens with zero attached hydrogens (tertiary/aromatic N) is 3. The summed E-state index contributed by atoms with van der Waals surface area (Å²) < 4.78 is 39.0. The summed E-state index contributed by atoms with van der Waals surface area (Å²) in [5.41, 5.74) is 3.07. The summed E-state index contributed by atoms with van der Waals surface area (Å²) in [6.45, 7) is 3.25. The summed E-state index contributed by atoms with van der Waals surface area (Å²) in [6.07, 6.45) is 4.76. The first-order valence-corrected chi connectivity index (χ1v) is 12.0. The van der Waals surface area contributed by atoms with E-state index in [1.165, 1.54) is 18.2 Å². The van der Waals surface area contributed by atoms with E-state index in [4.69, 9.17) is 0 Å². The summed E-state index contributed by atoms with van der Waals surface area (Å²) in [4.78, 5) is 4.53. The number of para-hydroxylation sites is 1. The zero-order chi connectivity index (χ0) is 22.3. The summed E-state index contributed by atoms with van der Waals surface area (Å²) in [5.74, 6) is -0.0276. The van der Waals surface area contributed by atoms with Crippen molar-refractivity contribution in [3.63, 3.8) is 0 Å². The third kappa shape index (κ3) is 7.59. The molecule has 0 saturated carbocycles. The van der Waals surface area contributed by atoms with Crippen LogP contribution in [-0.2, 0) is 28.7 Å². The second-order valence-electron chi connectivity index (χ2n) is 7.11. The van der Waals surface area contributed by atoms with Gasteiger partial charge in [-0.15, -0.1) is 24.0 Å². The molecule has 0 unspecified atom stereocenters. The van der Waals surface area contributed by atoms with Crippen LogP contribution in [0.4, 0.5) is 4.39 Å². The van der Waals surface area contributed by atoms with Crippen LogP contribution in [0.3, 0.4) is 0 Å². The number of aliphatic imine (C=N–C) groups is 1. The molecule has 0 fully saturated rings. The SMILES string of the molecule is CCNC(=NCc1cc(F)ccc1CS(C)(=O)=O)NCc1ccccc1-n1cccn1.I. The van der Waals surface area contributed by atoms with E-state index in [2.05, 4.69) is 20.7 Å². The predicted octanol–water partition coefficient (Wildman–Crippen LogP) is 3.43. The molecular formula is C22H27FIN5O2S. The van der Waals surface area contributed by atoms with Gasteiger partial charge in [-0.1, -0.05) is 24.3 Å². The van der Waals surface area contributed by atoms with Gasteiger partial charge in [-0.3, -0.25) is 0 Å². The van der Waals surface area contributed by atoms with E-state index >= 15 is 0 Å². The molecule has 0 aliphatic rings. The van der Waals surface area contributed by atoms with Crippen LogP contribution >= 0.6 is 24.0 Å². The maximum Gasteiger partial charge on any atom is 0.191 e. The number of hydrogen-bond acceptors (Lipinski definition) is 4. The Kier molecular flexibility index (Phi) is 9.63. The van der Waals surface area contributed by atoms with Crippen molar-refractivity contribution in [1.29, 1.82) is 0 Å². The number of hydrogen-bond donors (Lipinski definition) is 2. The zero-order valence-corrected chi connectivity index (χ0v) is 21.1. The number of aromatic nitrogens is 2. The lowest BCUT2D eigenvalue weighted by atomic mass is 10.1. The summed E-state index contributed by atoms with van der Waals surface area (Å²) in [7, 11) is -3.24. The van der Waals surface area contributed by atoms with E-state index < -0.39 is 15.7 Å². The van der Waals surface area contributed by atoms with Crippen LogP contribution in [0.15, 0.2) is 65.9 Å². The molecule has 0 saturated heterocycles. The number of guanidine groups is 1. The molecule has 2 aromatic carbocycles. The van der Waals surface area contributed by atoms with Gasteiger partial charge < -0.3 is 10.6 Å². The quantitative estimate of drug-likeness (QED) is 0.246. The average molecular weight is 571 g/mol. The van der Waals surface area contributed by atoms with E-state index in [0.717, 1.165) is 17.5 Å². The molecule has 0 spiro atoms. The average Bonchev–Trinajstić information content (AvgIpc) is 3.26. The highest BCUT2D eigenvalue weighted by Crippen LogP contribution is 2.16. The number of rotatable bonds is 8. The number of nitrogens with one attached hydrogen (secondary N) is 2. The van der Waals surface area contributed by atoms with Crippen molar-refractivity contribution in [2.24, 2.45) is 4.99 Å². The molecule has 0 aliphatic carbocycles. The molecule has 0 amide bonds. The molecule has 3 rings (SSSR count). The normalized spacial score (nSPS) is 11.7. The summed E-state index contributed by atoms with van der Waals surface area (Å²) >= 11 is 0. The number of sulfone groups is 1. The summed E-state index contributed by atoms with van der Waals surface area (Å²) in [6, 6.07) is 13.9. The lowest BCUT2D eigenvalue weighted by Gasteiger charge is -2.14.